The lowest BCUT2D eigenvalue weighted by atomic mass is 10.1. The van der Waals surface area contributed by atoms with E-state index in [2.05, 4.69) is 20.6 Å². The van der Waals surface area contributed by atoms with Crippen molar-refractivity contribution in [1.82, 2.24) is 15.3 Å². The van der Waals surface area contributed by atoms with Gasteiger partial charge in [-0.2, -0.15) is 0 Å². The molecule has 1 aliphatic rings. The van der Waals surface area contributed by atoms with Crippen LogP contribution in [-0.4, -0.2) is 21.9 Å². The highest BCUT2D eigenvalue weighted by molar-refractivity contribution is 6.31. The van der Waals surface area contributed by atoms with Crippen LogP contribution >= 0.6 is 11.6 Å². The predicted octanol–water partition coefficient (Wildman–Crippen LogP) is 4.47. The molecule has 1 heterocycles. The molecule has 1 amide bonds. The molecule has 2 aromatic rings. The molecule has 1 saturated carbocycles. The van der Waals surface area contributed by atoms with Gasteiger partial charge in [0.15, 0.2) is 0 Å². The van der Waals surface area contributed by atoms with Gasteiger partial charge in [0.2, 0.25) is 0 Å². The molecule has 0 atom stereocenters. The molecule has 5 nitrogen and oxygen atoms in total. The third-order valence-corrected chi connectivity index (χ3v) is 4.56. The normalized spacial score (nSPS) is 15.4. The Labute approximate surface area is 151 Å². The summed E-state index contributed by atoms with van der Waals surface area (Å²) >= 11 is 5.75. The molecular weight excluding hydrogens is 343 g/mol. The van der Waals surface area contributed by atoms with E-state index in [1.807, 2.05) is 0 Å². The van der Waals surface area contributed by atoms with Crippen LogP contribution in [0.3, 0.4) is 0 Å². The van der Waals surface area contributed by atoms with Crippen LogP contribution in [0.1, 0.15) is 49.0 Å². The largest absolute Gasteiger partial charge is 0.348 e. The Balaban J connectivity index is 1.60. The molecule has 3 rings (SSSR count). The molecule has 1 aromatic heterocycles. The van der Waals surface area contributed by atoms with Gasteiger partial charge in [-0.05, 0) is 31.0 Å². The second-order valence-electron chi connectivity index (χ2n) is 6.20. The summed E-state index contributed by atoms with van der Waals surface area (Å²) in [5.74, 6) is -0.228. The van der Waals surface area contributed by atoms with Crippen molar-refractivity contribution in [1.29, 1.82) is 0 Å². The molecule has 0 bridgehead atoms. The zero-order valence-electron chi connectivity index (χ0n) is 13.8. The van der Waals surface area contributed by atoms with Crippen molar-refractivity contribution in [2.75, 3.05) is 5.32 Å². The summed E-state index contributed by atoms with van der Waals surface area (Å²) in [6.07, 6.45) is 9.71. The number of nitrogens with zero attached hydrogens (tertiary/aromatic N) is 2. The number of anilines is 2. The van der Waals surface area contributed by atoms with E-state index >= 15 is 0 Å². The first kappa shape index (κ1) is 17.6. The first-order valence-electron chi connectivity index (χ1n) is 8.47. The number of carbonyl (C=O) groups excluding carboxylic acids is 1. The Kier molecular flexibility index (Phi) is 5.81. The molecule has 0 spiro atoms. The van der Waals surface area contributed by atoms with Crippen molar-refractivity contribution in [3.05, 3.63) is 47.1 Å². The van der Waals surface area contributed by atoms with E-state index in [0.29, 0.717) is 11.5 Å². The molecule has 0 saturated heterocycles. The molecule has 2 N–H and O–H groups in total. The number of rotatable bonds is 4. The number of nitrogens with one attached hydrogen (secondary N) is 2. The van der Waals surface area contributed by atoms with Crippen molar-refractivity contribution < 1.29 is 9.18 Å². The van der Waals surface area contributed by atoms with E-state index in [4.69, 9.17) is 11.6 Å². The lowest BCUT2D eigenvalue weighted by molar-refractivity contribution is 0.0928. The van der Waals surface area contributed by atoms with Gasteiger partial charge in [0.1, 0.15) is 17.3 Å². The van der Waals surface area contributed by atoms with Gasteiger partial charge < -0.3 is 10.6 Å². The minimum absolute atomic E-state index is 0.0253. The van der Waals surface area contributed by atoms with Gasteiger partial charge >= 0.3 is 0 Å². The molecule has 132 valence electrons. The molecule has 25 heavy (non-hydrogen) atoms. The highest BCUT2D eigenvalue weighted by atomic mass is 35.5. The zero-order valence-corrected chi connectivity index (χ0v) is 14.5. The minimum atomic E-state index is -0.483. The number of carbonyl (C=O) groups is 1. The summed E-state index contributed by atoms with van der Waals surface area (Å²) in [4.78, 5) is 20.6. The SMILES string of the molecule is O=C(NC1CCCCCC1)c1cnc(Nc2ccc(F)c(Cl)c2)cn1. The van der Waals surface area contributed by atoms with E-state index in [9.17, 15) is 9.18 Å². The standard InChI is InChI=1S/C18H20ClFN4O/c19-14-9-13(7-8-15(14)20)23-17-11-21-16(10-22-17)18(25)24-12-5-3-1-2-4-6-12/h7-12H,1-6H2,(H,22,23)(H,24,25). The van der Waals surface area contributed by atoms with Gasteiger partial charge in [-0.1, -0.05) is 37.3 Å². The van der Waals surface area contributed by atoms with Crippen molar-refractivity contribution in [3.63, 3.8) is 0 Å². The van der Waals surface area contributed by atoms with Gasteiger partial charge in [-0.25, -0.2) is 14.4 Å². The molecule has 1 fully saturated rings. The van der Waals surface area contributed by atoms with Crippen LogP contribution in [0.5, 0.6) is 0 Å². The Morgan fingerprint density at radius 1 is 1.12 bits per heavy atom. The number of hydrogen-bond donors (Lipinski definition) is 2. The maximum atomic E-state index is 13.2. The molecule has 1 aromatic carbocycles. The van der Waals surface area contributed by atoms with Gasteiger partial charge in [0.25, 0.3) is 5.91 Å². The highest BCUT2D eigenvalue weighted by Crippen LogP contribution is 2.22. The average molecular weight is 363 g/mol. The quantitative estimate of drug-likeness (QED) is 0.788. The summed E-state index contributed by atoms with van der Waals surface area (Å²) in [7, 11) is 0. The monoisotopic (exact) mass is 362 g/mol. The maximum Gasteiger partial charge on any atom is 0.271 e. The fourth-order valence-corrected chi connectivity index (χ4v) is 3.10. The van der Waals surface area contributed by atoms with Crippen LogP contribution in [0.25, 0.3) is 0 Å². The number of hydrogen-bond acceptors (Lipinski definition) is 4. The lowest BCUT2D eigenvalue weighted by Crippen LogP contribution is -2.34. The second-order valence-corrected chi connectivity index (χ2v) is 6.61. The summed E-state index contributed by atoms with van der Waals surface area (Å²) in [6.45, 7) is 0. The third kappa shape index (κ3) is 4.89. The molecule has 1 aliphatic carbocycles. The summed E-state index contributed by atoms with van der Waals surface area (Å²) in [5, 5.41) is 6.03. The van der Waals surface area contributed by atoms with Crippen molar-refractivity contribution in [3.8, 4) is 0 Å². The van der Waals surface area contributed by atoms with Gasteiger partial charge in [0.05, 0.1) is 17.4 Å². The van der Waals surface area contributed by atoms with E-state index in [0.717, 1.165) is 25.7 Å². The first-order chi connectivity index (χ1) is 12.1. The molecule has 0 unspecified atom stereocenters. The lowest BCUT2D eigenvalue weighted by Gasteiger charge is -2.15. The maximum absolute atomic E-state index is 13.2. The Bertz CT molecular complexity index is 730. The second kappa shape index (κ2) is 8.25. The van der Waals surface area contributed by atoms with Crippen molar-refractivity contribution >= 4 is 29.0 Å². The van der Waals surface area contributed by atoms with Crippen LogP contribution in [0.2, 0.25) is 5.02 Å². The van der Waals surface area contributed by atoms with Crippen LogP contribution in [-0.2, 0) is 0 Å². The fourth-order valence-electron chi connectivity index (χ4n) is 2.91. The van der Waals surface area contributed by atoms with Gasteiger partial charge in [0, 0.05) is 11.7 Å². The first-order valence-corrected chi connectivity index (χ1v) is 8.84. The Hall–Kier alpha value is -2.21. The van der Waals surface area contributed by atoms with E-state index in [1.165, 1.54) is 37.4 Å². The number of halogens is 2. The molecule has 7 heteroatoms. The summed E-state index contributed by atoms with van der Waals surface area (Å²) in [5.41, 5.74) is 0.878. The number of amides is 1. The number of benzene rings is 1. The van der Waals surface area contributed by atoms with Crippen LogP contribution in [0.15, 0.2) is 30.6 Å². The average Bonchev–Trinajstić information content (AvgIpc) is 2.87. The Morgan fingerprint density at radius 2 is 1.88 bits per heavy atom. The van der Waals surface area contributed by atoms with Crippen LogP contribution < -0.4 is 10.6 Å². The molecule has 0 radical (unpaired) electrons. The summed E-state index contributed by atoms with van der Waals surface area (Å²) in [6, 6.07) is 4.50. The summed E-state index contributed by atoms with van der Waals surface area (Å²) < 4.78 is 13.2. The third-order valence-electron chi connectivity index (χ3n) is 4.27. The van der Waals surface area contributed by atoms with Crippen LogP contribution in [0, 0.1) is 5.82 Å². The van der Waals surface area contributed by atoms with Gasteiger partial charge in [-0.15, -0.1) is 0 Å². The van der Waals surface area contributed by atoms with Crippen molar-refractivity contribution in [2.45, 2.75) is 44.6 Å². The smallest absolute Gasteiger partial charge is 0.271 e. The number of aromatic nitrogens is 2. The molecular formula is C18H20ClFN4O. The minimum Gasteiger partial charge on any atom is -0.348 e. The van der Waals surface area contributed by atoms with Gasteiger partial charge in [-0.3, -0.25) is 4.79 Å². The highest BCUT2D eigenvalue weighted by Gasteiger charge is 2.16. The topological polar surface area (TPSA) is 66.9 Å². The van der Waals surface area contributed by atoms with E-state index in [-0.39, 0.29) is 22.7 Å². The van der Waals surface area contributed by atoms with E-state index in [1.54, 1.807) is 6.07 Å². The Morgan fingerprint density at radius 3 is 2.52 bits per heavy atom. The van der Waals surface area contributed by atoms with Crippen LogP contribution in [0.4, 0.5) is 15.9 Å². The fraction of sp³-hybridized carbons (Fsp3) is 0.389. The van der Waals surface area contributed by atoms with E-state index < -0.39 is 5.82 Å². The molecule has 0 aliphatic heterocycles. The zero-order chi connectivity index (χ0) is 17.6. The predicted molar refractivity (Wildman–Crippen MR) is 95.7 cm³/mol. The van der Waals surface area contributed by atoms with Crippen molar-refractivity contribution in [2.24, 2.45) is 0 Å².